The summed E-state index contributed by atoms with van der Waals surface area (Å²) in [5.41, 5.74) is 2.63. The van der Waals surface area contributed by atoms with Gasteiger partial charge in [0.15, 0.2) is 0 Å². The second-order valence-electron chi connectivity index (χ2n) is 8.17. The third-order valence-corrected chi connectivity index (χ3v) is 7.44. The van der Waals surface area contributed by atoms with Crippen LogP contribution in [0.1, 0.15) is 76.5 Å². The van der Waals surface area contributed by atoms with Gasteiger partial charge >= 0.3 is 0 Å². The van der Waals surface area contributed by atoms with Crippen LogP contribution in [0.15, 0.2) is 4.79 Å². The predicted molar refractivity (Wildman–Crippen MR) is 106 cm³/mol. The zero-order chi connectivity index (χ0) is 19.3. The molecule has 1 fully saturated rings. The topological polar surface area (TPSA) is 79.0 Å². The summed E-state index contributed by atoms with van der Waals surface area (Å²) in [6.07, 6.45) is 3.49. The third kappa shape index (κ3) is 3.02. The Morgan fingerprint density at radius 1 is 1.19 bits per heavy atom. The van der Waals surface area contributed by atoms with E-state index >= 15 is 0 Å². The van der Waals surface area contributed by atoms with Crippen molar-refractivity contribution in [2.45, 2.75) is 64.7 Å². The molecular weight excluding hydrogens is 360 g/mol. The molecule has 4 rings (SSSR count). The van der Waals surface area contributed by atoms with Crippen molar-refractivity contribution in [1.82, 2.24) is 19.9 Å². The van der Waals surface area contributed by atoms with E-state index in [-0.39, 0.29) is 16.9 Å². The van der Waals surface area contributed by atoms with Crippen molar-refractivity contribution in [3.8, 4) is 0 Å². The molecule has 1 aliphatic heterocycles. The molecule has 1 N–H and O–H groups in total. The number of hydrogen-bond acceptors (Lipinski definition) is 5. The van der Waals surface area contributed by atoms with Gasteiger partial charge < -0.3 is 9.88 Å². The Labute approximate surface area is 163 Å². The molecule has 144 valence electrons. The maximum Gasteiger partial charge on any atom is 0.265 e. The maximum absolute atomic E-state index is 13.0. The number of thiazole rings is 1. The third-order valence-electron chi connectivity index (χ3n) is 6.00. The predicted octanol–water partition coefficient (Wildman–Crippen LogP) is 3.09. The molecule has 1 spiro atoms. The first kappa shape index (κ1) is 18.3. The SMILES string of the molecule is Cc1nc2c(c(=O)[nH]1)CCC21CCN(C(=O)c2sc(C(C)C)nc2C)CC1. The van der Waals surface area contributed by atoms with Crippen molar-refractivity contribution in [3.63, 3.8) is 0 Å². The van der Waals surface area contributed by atoms with E-state index in [1.165, 1.54) is 11.3 Å². The molecule has 1 amide bonds. The summed E-state index contributed by atoms with van der Waals surface area (Å²) in [6, 6.07) is 0. The van der Waals surface area contributed by atoms with Gasteiger partial charge in [0.25, 0.3) is 11.5 Å². The molecule has 0 bridgehead atoms. The monoisotopic (exact) mass is 386 g/mol. The minimum absolute atomic E-state index is 0.00869. The smallest absolute Gasteiger partial charge is 0.265 e. The highest BCUT2D eigenvalue weighted by atomic mass is 32.1. The van der Waals surface area contributed by atoms with E-state index in [1.807, 2.05) is 18.7 Å². The molecule has 3 heterocycles. The Bertz CT molecular complexity index is 951. The highest BCUT2D eigenvalue weighted by molar-refractivity contribution is 7.13. The zero-order valence-corrected chi connectivity index (χ0v) is 17.2. The number of carbonyl (C=O) groups is 1. The standard InChI is InChI=1S/C20H26N4O2S/c1-11(2)18-21-12(3)15(27-18)19(26)24-9-7-20(8-10-24)6-5-14-16(20)22-13(4)23-17(14)25/h11H,5-10H2,1-4H3,(H,22,23,25). The number of H-pyrrole nitrogens is 1. The van der Waals surface area contributed by atoms with Gasteiger partial charge in [-0.2, -0.15) is 0 Å². The summed E-state index contributed by atoms with van der Waals surface area (Å²) in [7, 11) is 0. The summed E-state index contributed by atoms with van der Waals surface area (Å²) in [5, 5.41) is 1.02. The van der Waals surface area contributed by atoms with Crippen molar-refractivity contribution < 1.29 is 4.79 Å². The fourth-order valence-electron chi connectivity index (χ4n) is 4.39. The lowest BCUT2D eigenvalue weighted by Crippen LogP contribution is -2.44. The molecule has 0 atom stereocenters. The second-order valence-corrected chi connectivity index (χ2v) is 9.20. The van der Waals surface area contributed by atoms with Gasteiger partial charge in [0, 0.05) is 30.0 Å². The summed E-state index contributed by atoms with van der Waals surface area (Å²) >= 11 is 1.53. The van der Waals surface area contributed by atoms with Gasteiger partial charge in [-0.3, -0.25) is 9.59 Å². The van der Waals surface area contributed by atoms with Crippen LogP contribution in [-0.4, -0.2) is 38.8 Å². The molecular formula is C20H26N4O2S. The molecule has 7 heteroatoms. The Morgan fingerprint density at radius 2 is 1.89 bits per heavy atom. The highest BCUT2D eigenvalue weighted by Crippen LogP contribution is 2.44. The van der Waals surface area contributed by atoms with Gasteiger partial charge in [-0.05, 0) is 39.5 Å². The fraction of sp³-hybridized carbons (Fsp3) is 0.600. The number of aryl methyl sites for hydroxylation is 2. The van der Waals surface area contributed by atoms with Crippen molar-refractivity contribution in [2.24, 2.45) is 0 Å². The van der Waals surface area contributed by atoms with E-state index in [1.54, 1.807) is 0 Å². The first-order valence-corrected chi connectivity index (χ1v) is 10.5. The molecule has 0 radical (unpaired) electrons. The molecule has 1 saturated heterocycles. The van der Waals surface area contributed by atoms with Crippen LogP contribution in [0.2, 0.25) is 0 Å². The van der Waals surface area contributed by atoms with Gasteiger partial charge in [0.05, 0.1) is 16.4 Å². The molecule has 27 heavy (non-hydrogen) atoms. The molecule has 0 saturated carbocycles. The van der Waals surface area contributed by atoms with Crippen LogP contribution in [-0.2, 0) is 11.8 Å². The molecule has 2 aromatic rings. The molecule has 6 nitrogen and oxygen atoms in total. The van der Waals surface area contributed by atoms with Crippen LogP contribution < -0.4 is 5.56 Å². The van der Waals surface area contributed by atoms with Gasteiger partial charge in [0.2, 0.25) is 0 Å². The fourth-order valence-corrected chi connectivity index (χ4v) is 5.43. The van der Waals surface area contributed by atoms with Gasteiger partial charge in [0.1, 0.15) is 10.7 Å². The summed E-state index contributed by atoms with van der Waals surface area (Å²) in [4.78, 5) is 40.1. The zero-order valence-electron chi connectivity index (χ0n) is 16.4. The maximum atomic E-state index is 13.0. The number of aromatic nitrogens is 3. The number of nitrogens with zero attached hydrogens (tertiary/aromatic N) is 3. The molecule has 0 aromatic carbocycles. The van der Waals surface area contributed by atoms with E-state index < -0.39 is 0 Å². The Balaban J connectivity index is 1.54. The number of rotatable bonds is 2. The quantitative estimate of drug-likeness (QED) is 0.860. The van der Waals surface area contributed by atoms with Gasteiger partial charge in [-0.1, -0.05) is 13.8 Å². The summed E-state index contributed by atoms with van der Waals surface area (Å²) in [6.45, 7) is 9.38. The Morgan fingerprint density at radius 3 is 2.52 bits per heavy atom. The number of likely N-dealkylation sites (tertiary alicyclic amines) is 1. The van der Waals surface area contributed by atoms with Crippen molar-refractivity contribution in [1.29, 1.82) is 0 Å². The number of amides is 1. The van der Waals surface area contributed by atoms with Gasteiger partial charge in [-0.25, -0.2) is 9.97 Å². The number of nitrogens with one attached hydrogen (secondary N) is 1. The normalized spacial score (nSPS) is 18.3. The lowest BCUT2D eigenvalue weighted by Gasteiger charge is -2.39. The summed E-state index contributed by atoms with van der Waals surface area (Å²) in [5.74, 6) is 1.11. The Hall–Kier alpha value is -2.02. The number of aromatic amines is 1. The first-order chi connectivity index (χ1) is 12.8. The Kier molecular flexibility index (Phi) is 4.45. The van der Waals surface area contributed by atoms with Crippen molar-refractivity contribution >= 4 is 17.2 Å². The van der Waals surface area contributed by atoms with Crippen molar-refractivity contribution in [2.75, 3.05) is 13.1 Å². The lowest BCUT2D eigenvalue weighted by atomic mass is 9.76. The van der Waals surface area contributed by atoms with Crippen LogP contribution in [0.3, 0.4) is 0 Å². The van der Waals surface area contributed by atoms with Crippen molar-refractivity contribution in [3.05, 3.63) is 43.0 Å². The average molecular weight is 387 g/mol. The number of carbonyl (C=O) groups excluding carboxylic acids is 1. The highest BCUT2D eigenvalue weighted by Gasteiger charge is 2.44. The van der Waals surface area contributed by atoms with E-state index in [2.05, 4.69) is 28.8 Å². The minimum atomic E-state index is -0.0447. The van der Waals surface area contributed by atoms with Gasteiger partial charge in [-0.15, -0.1) is 11.3 Å². The minimum Gasteiger partial charge on any atom is -0.338 e. The lowest BCUT2D eigenvalue weighted by molar-refractivity contribution is 0.0667. The van der Waals surface area contributed by atoms with Crippen LogP contribution >= 0.6 is 11.3 Å². The van der Waals surface area contributed by atoms with Crippen LogP contribution in [0.5, 0.6) is 0 Å². The van der Waals surface area contributed by atoms with E-state index in [4.69, 9.17) is 0 Å². The number of piperidine rings is 1. The molecule has 0 unspecified atom stereocenters. The molecule has 1 aliphatic carbocycles. The van der Waals surface area contributed by atoms with E-state index in [0.717, 1.165) is 52.5 Å². The molecule has 2 aliphatic rings. The van der Waals surface area contributed by atoms with E-state index in [0.29, 0.717) is 24.8 Å². The number of fused-ring (bicyclic) bond motifs is 2. The average Bonchev–Trinajstić information content (AvgIpc) is 3.17. The van der Waals surface area contributed by atoms with E-state index in [9.17, 15) is 9.59 Å². The first-order valence-electron chi connectivity index (χ1n) is 9.67. The number of hydrogen-bond donors (Lipinski definition) is 1. The van der Waals surface area contributed by atoms with Crippen LogP contribution in [0, 0.1) is 13.8 Å². The van der Waals surface area contributed by atoms with Crippen LogP contribution in [0.4, 0.5) is 0 Å². The summed E-state index contributed by atoms with van der Waals surface area (Å²) < 4.78 is 0. The second kappa shape index (κ2) is 6.55. The van der Waals surface area contributed by atoms with Crippen LogP contribution in [0.25, 0.3) is 0 Å². The molecule has 2 aromatic heterocycles. The largest absolute Gasteiger partial charge is 0.338 e.